The van der Waals surface area contributed by atoms with E-state index in [1.807, 2.05) is 0 Å². The number of phenols is 3. The molecule has 1 aromatic rings. The molecule has 0 aromatic heterocycles. The van der Waals surface area contributed by atoms with Gasteiger partial charge in [-0.05, 0) is 19.1 Å². The highest BCUT2D eigenvalue weighted by Crippen LogP contribution is 2.32. The Morgan fingerprint density at radius 3 is 2.14 bits per heavy atom. The number of phenolic OH excluding ortho intramolecular Hbond substituents is 3. The Labute approximate surface area is 80.7 Å². The standard InChI is InChI=1S/C10H10O4/c1-6(11)2-3-8-9(13)4-7(12)5-10(8)14/h2-5,12-14H,1H3/b3-2+. The van der Waals surface area contributed by atoms with E-state index in [-0.39, 0.29) is 28.6 Å². The lowest BCUT2D eigenvalue weighted by Crippen LogP contribution is -1.82. The Morgan fingerprint density at radius 2 is 1.71 bits per heavy atom. The fourth-order valence-corrected chi connectivity index (χ4v) is 0.980. The number of ketones is 1. The van der Waals surface area contributed by atoms with E-state index in [1.54, 1.807) is 0 Å². The predicted octanol–water partition coefficient (Wildman–Crippen LogP) is 1.41. The van der Waals surface area contributed by atoms with Crippen molar-refractivity contribution in [3.63, 3.8) is 0 Å². The van der Waals surface area contributed by atoms with Crippen molar-refractivity contribution in [1.29, 1.82) is 0 Å². The summed E-state index contributed by atoms with van der Waals surface area (Å²) in [6.45, 7) is 1.35. The van der Waals surface area contributed by atoms with Gasteiger partial charge in [-0.25, -0.2) is 0 Å². The van der Waals surface area contributed by atoms with E-state index in [0.717, 1.165) is 12.1 Å². The Hall–Kier alpha value is -1.97. The van der Waals surface area contributed by atoms with Gasteiger partial charge in [-0.1, -0.05) is 0 Å². The fourth-order valence-electron chi connectivity index (χ4n) is 0.980. The van der Waals surface area contributed by atoms with Crippen LogP contribution in [-0.2, 0) is 4.79 Å². The Bertz CT molecular complexity index is 370. The van der Waals surface area contributed by atoms with Crippen LogP contribution in [0.1, 0.15) is 12.5 Å². The molecular weight excluding hydrogens is 184 g/mol. The monoisotopic (exact) mass is 194 g/mol. The molecule has 0 saturated heterocycles. The molecule has 74 valence electrons. The summed E-state index contributed by atoms with van der Waals surface area (Å²) in [7, 11) is 0. The van der Waals surface area contributed by atoms with Gasteiger partial charge in [-0.15, -0.1) is 0 Å². The molecule has 14 heavy (non-hydrogen) atoms. The molecule has 0 atom stereocenters. The quantitative estimate of drug-likeness (QED) is 0.622. The zero-order valence-corrected chi connectivity index (χ0v) is 7.56. The molecule has 0 fully saturated rings. The maximum absolute atomic E-state index is 10.6. The number of carbonyl (C=O) groups excluding carboxylic acids is 1. The molecule has 1 rings (SSSR count). The number of benzene rings is 1. The molecule has 0 aliphatic heterocycles. The van der Waals surface area contributed by atoms with Crippen LogP contribution in [0.3, 0.4) is 0 Å². The first-order chi connectivity index (χ1) is 6.50. The van der Waals surface area contributed by atoms with Crippen molar-refractivity contribution in [2.24, 2.45) is 0 Å². The van der Waals surface area contributed by atoms with Gasteiger partial charge in [0.15, 0.2) is 5.78 Å². The lowest BCUT2D eigenvalue weighted by atomic mass is 10.1. The third-order valence-electron chi connectivity index (χ3n) is 1.61. The second kappa shape index (κ2) is 3.83. The molecule has 1 aromatic carbocycles. The van der Waals surface area contributed by atoms with Crippen LogP contribution in [0.25, 0.3) is 6.08 Å². The number of hydrogen-bond donors (Lipinski definition) is 3. The minimum Gasteiger partial charge on any atom is -0.508 e. The highest BCUT2D eigenvalue weighted by Gasteiger charge is 2.06. The van der Waals surface area contributed by atoms with E-state index >= 15 is 0 Å². The molecule has 0 radical (unpaired) electrons. The highest BCUT2D eigenvalue weighted by atomic mass is 16.3. The maximum Gasteiger partial charge on any atom is 0.152 e. The van der Waals surface area contributed by atoms with Gasteiger partial charge in [-0.3, -0.25) is 4.79 Å². The van der Waals surface area contributed by atoms with Crippen molar-refractivity contribution in [1.82, 2.24) is 0 Å². The van der Waals surface area contributed by atoms with Crippen molar-refractivity contribution in [3.05, 3.63) is 23.8 Å². The van der Waals surface area contributed by atoms with Gasteiger partial charge in [0.2, 0.25) is 0 Å². The summed E-state index contributed by atoms with van der Waals surface area (Å²) in [6, 6.07) is 2.17. The van der Waals surface area contributed by atoms with Gasteiger partial charge in [0, 0.05) is 12.1 Å². The summed E-state index contributed by atoms with van der Waals surface area (Å²) in [6.07, 6.45) is 2.50. The van der Waals surface area contributed by atoms with E-state index in [9.17, 15) is 15.0 Å². The van der Waals surface area contributed by atoms with E-state index in [0.29, 0.717) is 0 Å². The van der Waals surface area contributed by atoms with Crippen molar-refractivity contribution in [2.45, 2.75) is 6.92 Å². The topological polar surface area (TPSA) is 77.8 Å². The van der Waals surface area contributed by atoms with Crippen LogP contribution in [0.4, 0.5) is 0 Å². The number of carbonyl (C=O) groups is 1. The predicted molar refractivity (Wildman–Crippen MR) is 51.2 cm³/mol. The molecule has 0 bridgehead atoms. The van der Waals surface area contributed by atoms with Crippen LogP contribution in [0, 0.1) is 0 Å². The molecule has 0 heterocycles. The van der Waals surface area contributed by atoms with Crippen LogP contribution in [0.2, 0.25) is 0 Å². The SMILES string of the molecule is CC(=O)/C=C/c1c(O)cc(O)cc1O. The van der Waals surface area contributed by atoms with Crippen LogP contribution >= 0.6 is 0 Å². The number of hydrogen-bond acceptors (Lipinski definition) is 4. The van der Waals surface area contributed by atoms with Gasteiger partial charge >= 0.3 is 0 Å². The number of rotatable bonds is 2. The zero-order valence-electron chi connectivity index (χ0n) is 7.56. The number of aromatic hydroxyl groups is 3. The van der Waals surface area contributed by atoms with Gasteiger partial charge in [0.05, 0.1) is 5.56 Å². The summed E-state index contributed by atoms with van der Waals surface area (Å²) in [5.74, 6) is -0.989. The van der Waals surface area contributed by atoms with Crippen LogP contribution < -0.4 is 0 Å². The summed E-state index contributed by atoms with van der Waals surface area (Å²) in [4.78, 5) is 10.6. The minimum atomic E-state index is -0.278. The first kappa shape index (κ1) is 10.1. The fraction of sp³-hybridized carbons (Fsp3) is 0.100. The molecular formula is C10H10O4. The van der Waals surface area contributed by atoms with Crippen molar-refractivity contribution < 1.29 is 20.1 Å². The number of allylic oxidation sites excluding steroid dienone is 1. The van der Waals surface area contributed by atoms with Gasteiger partial charge in [0.1, 0.15) is 17.2 Å². The largest absolute Gasteiger partial charge is 0.508 e. The van der Waals surface area contributed by atoms with Crippen LogP contribution in [0.5, 0.6) is 17.2 Å². The average Bonchev–Trinajstić information content (AvgIpc) is 2.01. The van der Waals surface area contributed by atoms with Crippen molar-refractivity contribution in [2.75, 3.05) is 0 Å². The van der Waals surface area contributed by atoms with Crippen LogP contribution in [0.15, 0.2) is 18.2 Å². The summed E-state index contributed by atoms with van der Waals surface area (Å²) in [5.41, 5.74) is 0.109. The summed E-state index contributed by atoms with van der Waals surface area (Å²) < 4.78 is 0. The first-order valence-electron chi connectivity index (χ1n) is 3.94. The maximum atomic E-state index is 10.6. The second-order valence-electron chi connectivity index (χ2n) is 2.84. The lowest BCUT2D eigenvalue weighted by molar-refractivity contribution is -0.112. The van der Waals surface area contributed by atoms with Crippen molar-refractivity contribution in [3.8, 4) is 17.2 Å². The van der Waals surface area contributed by atoms with E-state index in [2.05, 4.69) is 0 Å². The summed E-state index contributed by atoms with van der Waals surface area (Å²) in [5, 5.41) is 27.6. The van der Waals surface area contributed by atoms with E-state index < -0.39 is 0 Å². The Balaban J connectivity index is 3.15. The molecule has 0 aliphatic rings. The Kier molecular flexibility index (Phi) is 2.76. The smallest absolute Gasteiger partial charge is 0.152 e. The molecule has 0 spiro atoms. The lowest BCUT2D eigenvalue weighted by Gasteiger charge is -2.02. The third kappa shape index (κ3) is 2.26. The average molecular weight is 194 g/mol. The molecule has 4 nitrogen and oxygen atoms in total. The molecule has 0 amide bonds. The third-order valence-corrected chi connectivity index (χ3v) is 1.61. The minimum absolute atomic E-state index is 0.109. The van der Waals surface area contributed by atoms with Gasteiger partial charge in [-0.2, -0.15) is 0 Å². The molecule has 0 saturated carbocycles. The second-order valence-corrected chi connectivity index (χ2v) is 2.84. The molecule has 4 heteroatoms. The zero-order chi connectivity index (χ0) is 10.7. The van der Waals surface area contributed by atoms with E-state index in [1.165, 1.54) is 19.1 Å². The normalized spacial score (nSPS) is 10.6. The summed E-state index contributed by atoms with van der Waals surface area (Å²) >= 11 is 0. The van der Waals surface area contributed by atoms with E-state index in [4.69, 9.17) is 5.11 Å². The molecule has 0 aliphatic carbocycles. The van der Waals surface area contributed by atoms with Gasteiger partial charge < -0.3 is 15.3 Å². The van der Waals surface area contributed by atoms with Crippen LogP contribution in [-0.4, -0.2) is 21.1 Å². The van der Waals surface area contributed by atoms with Gasteiger partial charge in [0.25, 0.3) is 0 Å². The molecule has 3 N–H and O–H groups in total. The van der Waals surface area contributed by atoms with Crippen molar-refractivity contribution >= 4 is 11.9 Å². The molecule has 0 unspecified atom stereocenters. The Morgan fingerprint density at radius 1 is 1.21 bits per heavy atom. The highest BCUT2D eigenvalue weighted by molar-refractivity contribution is 5.92. The first-order valence-corrected chi connectivity index (χ1v) is 3.94.